The SMILES string of the molecule is CCNC(=NCc1ccc(CS(C)(=O)=O)cc1)NCC(C)N1CCOCC1. The van der Waals surface area contributed by atoms with Gasteiger partial charge in [-0.1, -0.05) is 24.3 Å². The van der Waals surface area contributed by atoms with E-state index < -0.39 is 9.84 Å². The van der Waals surface area contributed by atoms with Gasteiger partial charge in [-0.25, -0.2) is 13.4 Å². The van der Waals surface area contributed by atoms with Gasteiger partial charge >= 0.3 is 0 Å². The Morgan fingerprint density at radius 2 is 1.81 bits per heavy atom. The minimum atomic E-state index is -3.01. The lowest BCUT2D eigenvalue weighted by molar-refractivity contribution is 0.0211. The van der Waals surface area contributed by atoms with E-state index in [2.05, 4.69) is 27.4 Å². The van der Waals surface area contributed by atoms with Gasteiger partial charge in [0.05, 0.1) is 25.5 Å². The van der Waals surface area contributed by atoms with Crippen molar-refractivity contribution in [3.63, 3.8) is 0 Å². The van der Waals surface area contributed by atoms with E-state index in [-0.39, 0.29) is 5.75 Å². The Balaban J connectivity index is 1.88. The van der Waals surface area contributed by atoms with Crippen LogP contribution in [0, 0.1) is 0 Å². The topological polar surface area (TPSA) is 83.0 Å². The normalized spacial score (nSPS) is 17.5. The predicted molar refractivity (Wildman–Crippen MR) is 110 cm³/mol. The molecule has 7 nitrogen and oxygen atoms in total. The van der Waals surface area contributed by atoms with E-state index in [1.165, 1.54) is 6.26 Å². The maximum Gasteiger partial charge on any atom is 0.191 e. The molecule has 2 rings (SSSR count). The van der Waals surface area contributed by atoms with Crippen LogP contribution in [0.1, 0.15) is 25.0 Å². The molecule has 1 aliphatic rings. The average Bonchev–Trinajstić information content (AvgIpc) is 2.64. The minimum absolute atomic E-state index is 0.0696. The molecule has 1 unspecified atom stereocenters. The van der Waals surface area contributed by atoms with E-state index >= 15 is 0 Å². The number of rotatable bonds is 8. The summed E-state index contributed by atoms with van der Waals surface area (Å²) in [4.78, 5) is 7.06. The Morgan fingerprint density at radius 3 is 2.41 bits per heavy atom. The van der Waals surface area contributed by atoms with Crippen molar-refractivity contribution in [2.24, 2.45) is 4.99 Å². The quantitative estimate of drug-likeness (QED) is 0.504. The molecule has 1 aromatic rings. The molecule has 8 heteroatoms. The van der Waals surface area contributed by atoms with E-state index in [1.54, 1.807) is 0 Å². The third kappa shape index (κ3) is 8.28. The molecule has 27 heavy (non-hydrogen) atoms. The first-order chi connectivity index (χ1) is 12.9. The summed E-state index contributed by atoms with van der Waals surface area (Å²) in [5.74, 6) is 0.859. The first kappa shape index (κ1) is 21.7. The zero-order valence-electron chi connectivity index (χ0n) is 16.6. The Labute approximate surface area is 163 Å². The third-order valence-corrected chi connectivity index (χ3v) is 5.31. The average molecular weight is 397 g/mol. The lowest BCUT2D eigenvalue weighted by Gasteiger charge is -2.32. The van der Waals surface area contributed by atoms with Crippen LogP contribution in [0.3, 0.4) is 0 Å². The summed E-state index contributed by atoms with van der Waals surface area (Å²) >= 11 is 0. The molecule has 2 N–H and O–H groups in total. The van der Waals surface area contributed by atoms with Crippen molar-refractivity contribution in [3.05, 3.63) is 35.4 Å². The van der Waals surface area contributed by atoms with E-state index in [0.29, 0.717) is 12.6 Å². The molecule has 0 saturated carbocycles. The number of ether oxygens (including phenoxy) is 1. The van der Waals surface area contributed by atoms with Gasteiger partial charge in [0.15, 0.2) is 15.8 Å². The zero-order chi connectivity index (χ0) is 19.7. The number of nitrogens with zero attached hydrogens (tertiary/aromatic N) is 2. The zero-order valence-corrected chi connectivity index (χ0v) is 17.4. The molecule has 0 spiro atoms. The predicted octanol–water partition coefficient (Wildman–Crippen LogP) is 1.01. The fraction of sp³-hybridized carbons (Fsp3) is 0.632. The van der Waals surface area contributed by atoms with Crippen molar-refractivity contribution in [1.29, 1.82) is 0 Å². The Hall–Kier alpha value is -1.64. The second-order valence-electron chi connectivity index (χ2n) is 6.96. The van der Waals surface area contributed by atoms with Gasteiger partial charge in [-0.3, -0.25) is 4.90 Å². The van der Waals surface area contributed by atoms with Crippen LogP contribution < -0.4 is 10.6 Å². The summed E-state index contributed by atoms with van der Waals surface area (Å²) in [6, 6.07) is 7.99. The molecule has 152 valence electrons. The molecular weight excluding hydrogens is 364 g/mol. The van der Waals surface area contributed by atoms with Crippen LogP contribution in [-0.4, -0.2) is 71.0 Å². The molecule has 1 fully saturated rings. The molecule has 1 atom stereocenters. The Kier molecular flexibility index (Phi) is 8.53. The molecule has 0 aliphatic carbocycles. The molecule has 1 aromatic carbocycles. The van der Waals surface area contributed by atoms with Crippen LogP contribution >= 0.6 is 0 Å². The molecule has 1 heterocycles. The summed E-state index contributed by atoms with van der Waals surface area (Å²) in [6.07, 6.45) is 1.25. The largest absolute Gasteiger partial charge is 0.379 e. The van der Waals surface area contributed by atoms with Crippen molar-refractivity contribution in [3.8, 4) is 0 Å². The van der Waals surface area contributed by atoms with Crippen LogP contribution in [0.15, 0.2) is 29.3 Å². The van der Waals surface area contributed by atoms with Gasteiger partial charge in [0.2, 0.25) is 0 Å². The van der Waals surface area contributed by atoms with Gasteiger partial charge in [0.25, 0.3) is 0 Å². The van der Waals surface area contributed by atoms with Gasteiger partial charge < -0.3 is 15.4 Å². The van der Waals surface area contributed by atoms with Crippen LogP contribution in [0.5, 0.6) is 0 Å². The number of morpholine rings is 1. The number of hydrogen-bond donors (Lipinski definition) is 2. The highest BCUT2D eigenvalue weighted by Gasteiger charge is 2.16. The number of nitrogens with one attached hydrogen (secondary N) is 2. The number of hydrogen-bond acceptors (Lipinski definition) is 5. The van der Waals surface area contributed by atoms with Crippen molar-refractivity contribution < 1.29 is 13.2 Å². The summed E-state index contributed by atoms with van der Waals surface area (Å²) in [7, 11) is -3.01. The molecule has 1 aliphatic heterocycles. The first-order valence-corrected chi connectivity index (χ1v) is 11.5. The second-order valence-corrected chi connectivity index (χ2v) is 9.10. The van der Waals surface area contributed by atoms with Gasteiger partial charge in [0.1, 0.15) is 0 Å². The van der Waals surface area contributed by atoms with Crippen molar-refractivity contribution in [2.45, 2.75) is 32.2 Å². The minimum Gasteiger partial charge on any atom is -0.379 e. The van der Waals surface area contributed by atoms with E-state index in [1.807, 2.05) is 31.2 Å². The molecule has 0 radical (unpaired) electrons. The standard InChI is InChI=1S/C19H32N4O3S/c1-4-20-19(21-13-16(2)23-9-11-26-12-10-23)22-14-17-5-7-18(8-6-17)15-27(3,24)25/h5-8,16H,4,9-15H2,1-3H3,(H2,20,21,22). The molecule has 0 aromatic heterocycles. The number of benzene rings is 1. The molecule has 0 amide bonds. The van der Waals surface area contributed by atoms with E-state index in [4.69, 9.17) is 4.74 Å². The lowest BCUT2D eigenvalue weighted by atomic mass is 10.1. The van der Waals surface area contributed by atoms with Crippen LogP contribution in [0.25, 0.3) is 0 Å². The smallest absolute Gasteiger partial charge is 0.191 e. The van der Waals surface area contributed by atoms with Gasteiger partial charge in [-0.05, 0) is 25.0 Å². The number of aliphatic imine (C=N–C) groups is 1. The Morgan fingerprint density at radius 1 is 1.19 bits per heavy atom. The van der Waals surface area contributed by atoms with Gasteiger partial charge in [-0.2, -0.15) is 0 Å². The fourth-order valence-corrected chi connectivity index (χ4v) is 3.75. The monoisotopic (exact) mass is 396 g/mol. The van der Waals surface area contributed by atoms with Crippen LogP contribution in [0.2, 0.25) is 0 Å². The Bertz CT molecular complexity index is 698. The third-order valence-electron chi connectivity index (χ3n) is 4.45. The lowest BCUT2D eigenvalue weighted by Crippen LogP contribution is -2.49. The summed E-state index contributed by atoms with van der Waals surface area (Å²) in [5, 5.41) is 6.68. The van der Waals surface area contributed by atoms with Crippen molar-refractivity contribution >= 4 is 15.8 Å². The van der Waals surface area contributed by atoms with Crippen LogP contribution in [0.4, 0.5) is 0 Å². The van der Waals surface area contributed by atoms with Crippen molar-refractivity contribution in [2.75, 3.05) is 45.6 Å². The summed E-state index contributed by atoms with van der Waals surface area (Å²) in [6.45, 7) is 9.95. The molecular formula is C19H32N4O3S. The molecule has 1 saturated heterocycles. The van der Waals surface area contributed by atoms with Crippen molar-refractivity contribution in [1.82, 2.24) is 15.5 Å². The second kappa shape index (κ2) is 10.6. The fourth-order valence-electron chi connectivity index (χ4n) is 2.95. The molecule has 0 bridgehead atoms. The maximum absolute atomic E-state index is 11.4. The van der Waals surface area contributed by atoms with Crippen LogP contribution in [-0.2, 0) is 26.9 Å². The number of sulfone groups is 1. The maximum atomic E-state index is 11.4. The summed E-state index contributed by atoms with van der Waals surface area (Å²) < 4.78 is 28.1. The highest BCUT2D eigenvalue weighted by atomic mass is 32.2. The van der Waals surface area contributed by atoms with E-state index in [0.717, 1.165) is 56.5 Å². The van der Waals surface area contributed by atoms with Gasteiger partial charge in [0, 0.05) is 38.5 Å². The van der Waals surface area contributed by atoms with Gasteiger partial charge in [-0.15, -0.1) is 0 Å². The van der Waals surface area contributed by atoms with E-state index in [9.17, 15) is 8.42 Å². The highest BCUT2D eigenvalue weighted by Crippen LogP contribution is 2.09. The summed E-state index contributed by atoms with van der Waals surface area (Å²) in [5.41, 5.74) is 1.85. The highest BCUT2D eigenvalue weighted by molar-refractivity contribution is 7.89. The first-order valence-electron chi connectivity index (χ1n) is 9.47. The number of guanidine groups is 1.